The van der Waals surface area contributed by atoms with Crippen LogP contribution in [0.25, 0.3) is 11.6 Å². The summed E-state index contributed by atoms with van der Waals surface area (Å²) in [5.74, 6) is -1.26. The zero-order valence-corrected chi connectivity index (χ0v) is 24.1. The Morgan fingerprint density at radius 3 is 2.61 bits per heavy atom. The molecular weight excluding hydrogens is 540 g/mol. The van der Waals surface area contributed by atoms with Gasteiger partial charge < -0.3 is 19.7 Å². The molecule has 0 spiro atoms. The molecule has 3 N–H and O–H groups in total. The lowest BCUT2D eigenvalue weighted by Crippen LogP contribution is -2.39. The van der Waals surface area contributed by atoms with Crippen LogP contribution in [0.15, 0.2) is 69.6 Å². The Hall–Kier alpha value is -3.37. The van der Waals surface area contributed by atoms with Gasteiger partial charge in [0.05, 0.1) is 36.8 Å². The van der Waals surface area contributed by atoms with Crippen LogP contribution < -0.4 is 0 Å². The second-order valence-corrected chi connectivity index (χ2v) is 12.0. The van der Waals surface area contributed by atoms with E-state index in [0.717, 1.165) is 21.7 Å². The van der Waals surface area contributed by atoms with E-state index in [2.05, 4.69) is 4.98 Å². The molecule has 1 fully saturated rings. The molecule has 5 rings (SSSR count). The SMILES string of the molecule is CC(C)C1=C([C@H](O)CC/C(=C/c2ccc(CO)o2)c2ccccn2)[C@H](CO)[C@@H]2C(=O)N(Cc3cccs3)C(=O)[C@@H]2C1. The van der Waals surface area contributed by atoms with Gasteiger partial charge in [0.25, 0.3) is 0 Å². The molecule has 0 aromatic carbocycles. The molecule has 4 heterocycles. The summed E-state index contributed by atoms with van der Waals surface area (Å²) in [6.07, 6.45) is 3.82. The monoisotopic (exact) mass is 576 g/mol. The molecule has 1 aliphatic carbocycles. The molecule has 216 valence electrons. The lowest BCUT2D eigenvalue weighted by atomic mass is 9.66. The number of carbonyl (C=O) groups is 2. The normalized spacial score (nSPS) is 22.1. The molecule has 0 unspecified atom stereocenters. The number of fused-ring (bicyclic) bond motifs is 1. The van der Waals surface area contributed by atoms with E-state index in [-0.39, 0.29) is 37.5 Å². The van der Waals surface area contributed by atoms with E-state index < -0.39 is 23.9 Å². The summed E-state index contributed by atoms with van der Waals surface area (Å²) >= 11 is 1.50. The van der Waals surface area contributed by atoms with Crippen LogP contribution >= 0.6 is 11.3 Å². The number of thiophene rings is 1. The standard InChI is InChI=1S/C32H36N2O6S/c1-19(2)24-15-25-30(32(39)34(31(25)38)16-23-6-5-13-41-23)26(18-36)29(24)28(37)11-8-20(27-7-3-4-12-33-27)14-21-9-10-22(17-35)40-21/h3-7,9-10,12-14,19,25-26,28,30,35-37H,8,11,15-18H2,1-2H3/b20-14-/t25-,26+,28-,30-/m1/s1. The molecule has 3 aromatic rings. The van der Waals surface area contributed by atoms with Gasteiger partial charge in [-0.05, 0) is 78.1 Å². The first-order valence-electron chi connectivity index (χ1n) is 14.0. The molecule has 0 bridgehead atoms. The summed E-state index contributed by atoms with van der Waals surface area (Å²) in [6.45, 7) is 3.76. The number of hydrogen-bond acceptors (Lipinski definition) is 8. The Bertz CT molecular complexity index is 1430. The molecule has 41 heavy (non-hydrogen) atoms. The molecule has 1 saturated heterocycles. The Balaban J connectivity index is 1.42. The number of carbonyl (C=O) groups excluding carboxylic acids is 2. The summed E-state index contributed by atoms with van der Waals surface area (Å²) in [4.78, 5) is 33.8. The smallest absolute Gasteiger partial charge is 0.234 e. The number of rotatable bonds is 11. The van der Waals surface area contributed by atoms with Crippen LogP contribution in [0.1, 0.15) is 55.2 Å². The second-order valence-electron chi connectivity index (χ2n) is 11.0. The van der Waals surface area contributed by atoms with Crippen LogP contribution in [0.3, 0.4) is 0 Å². The van der Waals surface area contributed by atoms with Crippen LogP contribution in [0.4, 0.5) is 0 Å². The highest BCUT2D eigenvalue weighted by molar-refractivity contribution is 7.09. The Kier molecular flexibility index (Phi) is 8.99. The van der Waals surface area contributed by atoms with Crippen molar-refractivity contribution in [2.24, 2.45) is 23.7 Å². The number of nitrogens with zero attached hydrogens (tertiary/aromatic N) is 2. The van der Waals surface area contributed by atoms with Gasteiger partial charge in [-0.1, -0.05) is 31.6 Å². The molecule has 8 nitrogen and oxygen atoms in total. The van der Waals surface area contributed by atoms with Crippen molar-refractivity contribution in [1.82, 2.24) is 9.88 Å². The minimum absolute atomic E-state index is 0.0368. The predicted octanol–water partition coefficient (Wildman–Crippen LogP) is 4.68. The predicted molar refractivity (Wildman–Crippen MR) is 156 cm³/mol. The van der Waals surface area contributed by atoms with E-state index in [4.69, 9.17) is 4.42 Å². The van der Waals surface area contributed by atoms with Crippen molar-refractivity contribution in [3.63, 3.8) is 0 Å². The third kappa shape index (κ3) is 5.99. The van der Waals surface area contributed by atoms with Crippen LogP contribution in [0, 0.1) is 23.7 Å². The van der Waals surface area contributed by atoms with E-state index >= 15 is 0 Å². The van der Waals surface area contributed by atoms with Gasteiger partial charge in [-0.25, -0.2) is 0 Å². The number of hydrogen-bond donors (Lipinski definition) is 3. The fourth-order valence-corrected chi connectivity index (χ4v) is 6.92. The van der Waals surface area contributed by atoms with Crippen LogP contribution in [-0.2, 0) is 22.7 Å². The number of imide groups is 1. The largest absolute Gasteiger partial charge is 0.459 e. The van der Waals surface area contributed by atoms with E-state index in [0.29, 0.717) is 36.4 Å². The Morgan fingerprint density at radius 1 is 1.15 bits per heavy atom. The van der Waals surface area contributed by atoms with Crippen molar-refractivity contribution >= 4 is 34.8 Å². The number of aliphatic hydroxyl groups is 3. The lowest BCUT2D eigenvalue weighted by Gasteiger charge is -2.38. The zero-order chi connectivity index (χ0) is 29.1. The van der Waals surface area contributed by atoms with Gasteiger partial charge in [0.2, 0.25) is 11.8 Å². The average molecular weight is 577 g/mol. The average Bonchev–Trinajstić information content (AvgIpc) is 3.72. The molecule has 1 aliphatic heterocycles. The number of amides is 2. The number of pyridine rings is 1. The van der Waals surface area contributed by atoms with Gasteiger partial charge in [-0.3, -0.25) is 19.5 Å². The minimum atomic E-state index is -0.920. The quantitative estimate of drug-likeness (QED) is 0.224. The van der Waals surface area contributed by atoms with Gasteiger partial charge in [0.15, 0.2) is 0 Å². The lowest BCUT2D eigenvalue weighted by molar-refractivity contribution is -0.140. The van der Waals surface area contributed by atoms with Gasteiger partial charge in [-0.15, -0.1) is 11.3 Å². The highest BCUT2D eigenvalue weighted by Gasteiger charge is 2.55. The first-order chi connectivity index (χ1) is 19.8. The van der Waals surface area contributed by atoms with E-state index in [1.807, 2.05) is 55.6 Å². The molecule has 3 aromatic heterocycles. The van der Waals surface area contributed by atoms with Gasteiger partial charge >= 0.3 is 0 Å². The molecule has 4 atom stereocenters. The van der Waals surface area contributed by atoms with Crippen LogP contribution in [0.2, 0.25) is 0 Å². The molecule has 0 saturated carbocycles. The first kappa shape index (κ1) is 29.1. The maximum Gasteiger partial charge on any atom is 0.234 e. The molecule has 9 heteroatoms. The number of allylic oxidation sites excluding steroid dienone is 2. The van der Waals surface area contributed by atoms with Crippen molar-refractivity contribution in [2.45, 2.75) is 52.4 Å². The van der Waals surface area contributed by atoms with Gasteiger partial charge in [0.1, 0.15) is 18.1 Å². The number of furan rings is 1. The van der Waals surface area contributed by atoms with Crippen LogP contribution in [0.5, 0.6) is 0 Å². The van der Waals surface area contributed by atoms with Crippen LogP contribution in [-0.4, -0.2) is 49.7 Å². The second kappa shape index (κ2) is 12.7. The van der Waals surface area contributed by atoms with Gasteiger partial charge in [0, 0.05) is 17.0 Å². The Morgan fingerprint density at radius 2 is 1.98 bits per heavy atom. The van der Waals surface area contributed by atoms with E-state index in [9.17, 15) is 24.9 Å². The van der Waals surface area contributed by atoms with Crippen molar-refractivity contribution in [3.8, 4) is 0 Å². The molecule has 0 radical (unpaired) electrons. The summed E-state index contributed by atoms with van der Waals surface area (Å²) in [7, 11) is 0. The molecular formula is C32H36N2O6S. The minimum Gasteiger partial charge on any atom is -0.459 e. The van der Waals surface area contributed by atoms with E-state index in [1.54, 1.807) is 18.3 Å². The van der Waals surface area contributed by atoms with Crippen molar-refractivity contribution < 1.29 is 29.3 Å². The van der Waals surface area contributed by atoms with Crippen molar-refractivity contribution in [3.05, 3.63) is 87.3 Å². The fraction of sp³-hybridized carbons (Fsp3) is 0.406. The highest BCUT2D eigenvalue weighted by atomic mass is 32.1. The highest BCUT2D eigenvalue weighted by Crippen LogP contribution is 2.48. The molecule has 2 amide bonds. The third-order valence-electron chi connectivity index (χ3n) is 8.19. The van der Waals surface area contributed by atoms with E-state index in [1.165, 1.54) is 16.2 Å². The Labute approximate surface area is 243 Å². The third-order valence-corrected chi connectivity index (χ3v) is 9.06. The summed E-state index contributed by atoms with van der Waals surface area (Å²) in [5, 5.41) is 33.6. The maximum absolute atomic E-state index is 13.6. The van der Waals surface area contributed by atoms with Crippen molar-refractivity contribution in [1.29, 1.82) is 0 Å². The first-order valence-corrected chi connectivity index (χ1v) is 14.9. The number of aliphatic hydroxyl groups excluding tert-OH is 3. The summed E-state index contributed by atoms with van der Waals surface area (Å²) in [6, 6.07) is 12.9. The molecule has 2 aliphatic rings. The topological polar surface area (TPSA) is 124 Å². The van der Waals surface area contributed by atoms with Gasteiger partial charge in [-0.2, -0.15) is 0 Å². The number of likely N-dealkylation sites (tertiary alicyclic amines) is 1. The number of aromatic nitrogens is 1. The summed E-state index contributed by atoms with van der Waals surface area (Å²) in [5.41, 5.74) is 3.21. The summed E-state index contributed by atoms with van der Waals surface area (Å²) < 4.78 is 5.68. The van der Waals surface area contributed by atoms with Crippen molar-refractivity contribution in [2.75, 3.05) is 6.61 Å². The fourth-order valence-electron chi connectivity index (χ4n) is 6.23. The zero-order valence-electron chi connectivity index (χ0n) is 23.3. The maximum atomic E-state index is 13.6.